The van der Waals surface area contributed by atoms with E-state index < -0.39 is 5.25 Å². The zero-order valence-corrected chi connectivity index (χ0v) is 17.4. The number of anilines is 1. The summed E-state index contributed by atoms with van der Waals surface area (Å²) in [6.07, 6.45) is 0.767. The summed E-state index contributed by atoms with van der Waals surface area (Å²) in [7, 11) is 0. The van der Waals surface area contributed by atoms with Gasteiger partial charge in [-0.2, -0.15) is 5.26 Å². The lowest BCUT2D eigenvalue weighted by atomic mass is 10.2. The first-order chi connectivity index (χ1) is 14.0. The molecule has 7 heteroatoms. The Morgan fingerprint density at radius 1 is 1.21 bits per heavy atom. The van der Waals surface area contributed by atoms with Crippen LogP contribution in [0.4, 0.5) is 5.69 Å². The minimum Gasteiger partial charge on any atom is -0.324 e. The molecule has 3 rings (SSSR count). The number of nitrogens with zero attached hydrogens (tertiary/aromatic N) is 3. The molecular weight excluding hydrogens is 384 g/mol. The highest BCUT2D eigenvalue weighted by Crippen LogP contribution is 2.27. The molecule has 1 N–H and O–H groups in total. The van der Waals surface area contributed by atoms with Gasteiger partial charge in [0.2, 0.25) is 5.91 Å². The molecule has 148 valence electrons. The van der Waals surface area contributed by atoms with Gasteiger partial charge in [0.15, 0.2) is 5.16 Å². The van der Waals surface area contributed by atoms with Crippen molar-refractivity contribution >= 4 is 34.3 Å². The van der Waals surface area contributed by atoms with E-state index in [9.17, 15) is 14.9 Å². The molecule has 3 aromatic rings. The van der Waals surface area contributed by atoms with Crippen molar-refractivity contribution in [1.82, 2.24) is 9.55 Å². The Kier molecular flexibility index (Phi) is 6.35. The molecule has 2 aromatic carbocycles. The molecule has 0 saturated heterocycles. The summed E-state index contributed by atoms with van der Waals surface area (Å²) in [5, 5.41) is 12.6. The molecule has 1 aromatic heterocycles. The first kappa shape index (κ1) is 20.6. The number of thioether (sulfide) groups is 1. The molecule has 1 amide bonds. The molecule has 0 bridgehead atoms. The Labute approximate surface area is 173 Å². The number of amides is 1. The standard InChI is InChI=1S/C22H22N4O2S/c1-4-14(2)26-21(28)17-10-6-8-12-19(17)25-22(26)29-15(3)20(27)24-18-11-7-5-9-16(18)13-23/h5-12,14-15H,4H2,1-3H3,(H,24,27)/t14-,15-/m1/s1. The van der Waals surface area contributed by atoms with E-state index >= 15 is 0 Å². The van der Waals surface area contributed by atoms with Gasteiger partial charge >= 0.3 is 0 Å². The van der Waals surface area contributed by atoms with Crippen LogP contribution in [0.15, 0.2) is 58.5 Å². The van der Waals surface area contributed by atoms with Gasteiger partial charge in [0.25, 0.3) is 5.56 Å². The van der Waals surface area contributed by atoms with Gasteiger partial charge in [-0.15, -0.1) is 0 Å². The third kappa shape index (κ3) is 4.33. The fourth-order valence-corrected chi connectivity index (χ4v) is 3.93. The number of rotatable bonds is 6. The quantitative estimate of drug-likeness (QED) is 0.485. The van der Waals surface area contributed by atoms with E-state index in [0.717, 1.165) is 6.42 Å². The third-order valence-electron chi connectivity index (χ3n) is 4.76. The van der Waals surface area contributed by atoms with Crippen LogP contribution in [0, 0.1) is 11.3 Å². The van der Waals surface area contributed by atoms with Crippen LogP contribution in [0.2, 0.25) is 0 Å². The van der Waals surface area contributed by atoms with Crippen LogP contribution in [-0.4, -0.2) is 20.7 Å². The first-order valence-corrected chi connectivity index (χ1v) is 10.3. The minimum absolute atomic E-state index is 0.0447. The molecule has 0 aliphatic heterocycles. The molecule has 1 heterocycles. The topological polar surface area (TPSA) is 87.8 Å². The molecule has 2 atom stereocenters. The molecule has 0 aliphatic carbocycles. The second kappa shape index (κ2) is 8.93. The van der Waals surface area contributed by atoms with Gasteiger partial charge in [0.1, 0.15) is 6.07 Å². The number of hydrogen-bond donors (Lipinski definition) is 1. The third-order valence-corrected chi connectivity index (χ3v) is 5.83. The van der Waals surface area contributed by atoms with E-state index in [0.29, 0.717) is 27.3 Å². The molecule has 6 nitrogen and oxygen atoms in total. The number of hydrogen-bond acceptors (Lipinski definition) is 5. The Hall–Kier alpha value is -3.11. The van der Waals surface area contributed by atoms with Crippen molar-refractivity contribution < 1.29 is 4.79 Å². The van der Waals surface area contributed by atoms with E-state index in [1.54, 1.807) is 47.9 Å². The summed E-state index contributed by atoms with van der Waals surface area (Å²) in [4.78, 5) is 30.4. The molecule has 0 fully saturated rings. The second-order valence-electron chi connectivity index (χ2n) is 6.75. The lowest BCUT2D eigenvalue weighted by Crippen LogP contribution is -2.28. The number of carbonyl (C=O) groups is 1. The maximum absolute atomic E-state index is 13.0. The van der Waals surface area contributed by atoms with Crippen LogP contribution in [-0.2, 0) is 4.79 Å². The molecule has 0 spiro atoms. The van der Waals surface area contributed by atoms with Gasteiger partial charge < -0.3 is 5.32 Å². The van der Waals surface area contributed by atoms with Gasteiger partial charge in [0.05, 0.1) is 27.4 Å². The van der Waals surface area contributed by atoms with E-state index in [1.807, 2.05) is 26.0 Å². The Morgan fingerprint density at radius 3 is 2.62 bits per heavy atom. The SMILES string of the molecule is CC[C@@H](C)n1c(S[C@H](C)C(=O)Nc2ccccc2C#N)nc2ccccc2c1=O. The van der Waals surface area contributed by atoms with Crippen molar-refractivity contribution in [3.8, 4) is 6.07 Å². The molecule has 0 saturated carbocycles. The van der Waals surface area contributed by atoms with Gasteiger partial charge in [-0.3, -0.25) is 14.2 Å². The Balaban J connectivity index is 1.93. The van der Waals surface area contributed by atoms with Crippen LogP contribution in [0.3, 0.4) is 0 Å². The van der Waals surface area contributed by atoms with E-state index in [2.05, 4.69) is 16.4 Å². The van der Waals surface area contributed by atoms with Crippen molar-refractivity contribution in [2.45, 2.75) is 43.6 Å². The highest BCUT2D eigenvalue weighted by molar-refractivity contribution is 8.00. The monoisotopic (exact) mass is 406 g/mol. The fourth-order valence-electron chi connectivity index (χ4n) is 2.92. The lowest BCUT2D eigenvalue weighted by molar-refractivity contribution is -0.115. The molecule has 29 heavy (non-hydrogen) atoms. The fraction of sp³-hybridized carbons (Fsp3) is 0.273. The zero-order valence-electron chi connectivity index (χ0n) is 16.5. The van der Waals surface area contributed by atoms with Crippen LogP contribution in [0.1, 0.15) is 38.8 Å². The van der Waals surface area contributed by atoms with Gasteiger partial charge in [-0.1, -0.05) is 43.0 Å². The average molecular weight is 407 g/mol. The van der Waals surface area contributed by atoms with Crippen molar-refractivity contribution in [1.29, 1.82) is 5.26 Å². The summed E-state index contributed by atoms with van der Waals surface area (Å²) in [5.41, 5.74) is 1.38. The Bertz CT molecular complexity index is 1150. The van der Waals surface area contributed by atoms with Crippen molar-refractivity contribution in [2.75, 3.05) is 5.32 Å². The number of carbonyl (C=O) groups excluding carboxylic acids is 1. The highest BCUT2D eigenvalue weighted by atomic mass is 32.2. The number of nitrogens with one attached hydrogen (secondary N) is 1. The molecule has 0 unspecified atom stereocenters. The number of para-hydroxylation sites is 2. The van der Waals surface area contributed by atoms with Crippen molar-refractivity contribution in [3.05, 3.63) is 64.4 Å². The van der Waals surface area contributed by atoms with Crippen molar-refractivity contribution in [3.63, 3.8) is 0 Å². The van der Waals surface area contributed by atoms with E-state index in [-0.39, 0.29) is 17.5 Å². The van der Waals surface area contributed by atoms with Crippen LogP contribution >= 0.6 is 11.8 Å². The van der Waals surface area contributed by atoms with Gasteiger partial charge in [0, 0.05) is 6.04 Å². The predicted octanol–water partition coefficient (Wildman–Crippen LogP) is 4.36. The van der Waals surface area contributed by atoms with Gasteiger partial charge in [-0.25, -0.2) is 4.98 Å². The smallest absolute Gasteiger partial charge is 0.262 e. The Morgan fingerprint density at radius 2 is 1.90 bits per heavy atom. The largest absolute Gasteiger partial charge is 0.324 e. The molecule has 0 radical (unpaired) electrons. The normalized spacial score (nSPS) is 12.9. The summed E-state index contributed by atoms with van der Waals surface area (Å²) in [5.74, 6) is -0.254. The molecular formula is C22H22N4O2S. The number of nitriles is 1. The highest BCUT2D eigenvalue weighted by Gasteiger charge is 2.22. The zero-order chi connectivity index (χ0) is 21.0. The summed E-state index contributed by atoms with van der Waals surface area (Å²) in [6.45, 7) is 5.74. The summed E-state index contributed by atoms with van der Waals surface area (Å²) in [6, 6.07) is 16.1. The number of benzene rings is 2. The van der Waals surface area contributed by atoms with Crippen LogP contribution < -0.4 is 10.9 Å². The summed E-state index contributed by atoms with van der Waals surface area (Å²) >= 11 is 1.24. The minimum atomic E-state index is -0.509. The molecule has 0 aliphatic rings. The summed E-state index contributed by atoms with van der Waals surface area (Å²) < 4.78 is 1.67. The van der Waals surface area contributed by atoms with E-state index in [1.165, 1.54) is 11.8 Å². The van der Waals surface area contributed by atoms with Crippen LogP contribution in [0.5, 0.6) is 0 Å². The van der Waals surface area contributed by atoms with E-state index in [4.69, 9.17) is 0 Å². The predicted molar refractivity (Wildman–Crippen MR) is 116 cm³/mol. The van der Waals surface area contributed by atoms with Crippen LogP contribution in [0.25, 0.3) is 10.9 Å². The van der Waals surface area contributed by atoms with Gasteiger partial charge in [-0.05, 0) is 44.5 Å². The average Bonchev–Trinajstić information content (AvgIpc) is 2.73. The number of fused-ring (bicyclic) bond motifs is 1. The maximum Gasteiger partial charge on any atom is 0.262 e. The number of aromatic nitrogens is 2. The maximum atomic E-state index is 13.0. The first-order valence-electron chi connectivity index (χ1n) is 9.44. The lowest BCUT2D eigenvalue weighted by Gasteiger charge is -2.20. The van der Waals surface area contributed by atoms with Crippen molar-refractivity contribution in [2.24, 2.45) is 0 Å². The second-order valence-corrected chi connectivity index (χ2v) is 8.06.